The quantitative estimate of drug-likeness (QED) is 0.456. The second-order valence-corrected chi connectivity index (χ2v) is 9.81. The van der Waals surface area contributed by atoms with E-state index < -0.39 is 0 Å². The summed E-state index contributed by atoms with van der Waals surface area (Å²) in [5, 5.41) is 9.71. The van der Waals surface area contributed by atoms with Crippen molar-refractivity contribution in [1.29, 1.82) is 0 Å². The number of anilines is 1. The lowest BCUT2D eigenvalue weighted by Crippen LogP contribution is -2.46. The number of hydrazone groups is 1. The lowest BCUT2D eigenvalue weighted by Gasteiger charge is -2.28. The lowest BCUT2D eigenvalue weighted by molar-refractivity contribution is -0.119. The van der Waals surface area contributed by atoms with Gasteiger partial charge in [0.15, 0.2) is 0 Å². The molecular weight excluding hydrogens is 535 g/mol. The number of nitrogens with one attached hydrogen (secondary N) is 1. The van der Waals surface area contributed by atoms with E-state index in [0.29, 0.717) is 15.8 Å². The Morgan fingerprint density at radius 2 is 1.72 bits per heavy atom. The van der Waals surface area contributed by atoms with Gasteiger partial charge in [0.05, 0.1) is 16.8 Å². The van der Waals surface area contributed by atoms with E-state index in [1.54, 1.807) is 12.1 Å². The molecule has 0 radical (unpaired) electrons. The van der Waals surface area contributed by atoms with Crippen molar-refractivity contribution >= 4 is 68.8 Å². The summed E-state index contributed by atoms with van der Waals surface area (Å²) in [6.45, 7) is 3.78. The number of hydrogen-bond acceptors (Lipinski definition) is 4. The first kappa shape index (κ1) is 25.3. The summed E-state index contributed by atoms with van der Waals surface area (Å²) >= 11 is 16.1. The zero-order valence-corrected chi connectivity index (χ0v) is 21.6. The maximum Gasteiger partial charge on any atom is 0.282 e. The summed E-state index contributed by atoms with van der Waals surface area (Å²) in [7, 11) is 0. The van der Waals surface area contributed by atoms with Gasteiger partial charge < -0.3 is 0 Å². The normalized spacial score (nSPS) is 21.5. The van der Waals surface area contributed by atoms with Crippen LogP contribution in [0.5, 0.6) is 0 Å². The highest BCUT2D eigenvalue weighted by molar-refractivity contribution is 9.10. The number of carbonyl (C=O) groups is 1. The van der Waals surface area contributed by atoms with E-state index >= 15 is 0 Å². The molecule has 1 fully saturated rings. The molecule has 2 aliphatic heterocycles. The summed E-state index contributed by atoms with van der Waals surface area (Å²) in [4.78, 5) is 13.2. The number of hydrazine groups is 1. The van der Waals surface area contributed by atoms with Crippen LogP contribution >= 0.6 is 51.5 Å². The fraction of sp³-hybridized carbons (Fsp3) is 0.391. The van der Waals surface area contributed by atoms with Crippen LogP contribution in [0.3, 0.4) is 0 Å². The van der Waals surface area contributed by atoms with Crippen molar-refractivity contribution in [3.8, 4) is 0 Å². The van der Waals surface area contributed by atoms with E-state index in [0.717, 1.165) is 41.7 Å². The Hall–Kier alpha value is -1.31. The smallest absolute Gasteiger partial charge is 0.282 e. The Morgan fingerprint density at radius 3 is 2.34 bits per heavy atom. The molecule has 0 spiro atoms. The molecule has 0 bridgehead atoms. The van der Waals surface area contributed by atoms with Crippen LogP contribution in [-0.2, 0) is 4.79 Å². The summed E-state index contributed by atoms with van der Waals surface area (Å²) in [5.74, 6) is -0.274. The summed E-state index contributed by atoms with van der Waals surface area (Å²) in [5.41, 5.74) is 5.37. The maximum atomic E-state index is 13.2. The van der Waals surface area contributed by atoms with E-state index in [1.165, 1.54) is 12.8 Å². The van der Waals surface area contributed by atoms with Crippen LogP contribution in [0.25, 0.3) is 0 Å². The Kier molecular flexibility index (Phi) is 8.87. The van der Waals surface area contributed by atoms with E-state index in [4.69, 9.17) is 28.3 Å². The molecule has 1 N–H and O–H groups in total. The molecule has 32 heavy (non-hydrogen) atoms. The van der Waals surface area contributed by atoms with Crippen LogP contribution in [0.4, 0.5) is 5.69 Å². The fourth-order valence-electron chi connectivity index (χ4n) is 4.23. The molecule has 5 nitrogen and oxygen atoms in total. The van der Waals surface area contributed by atoms with Crippen LogP contribution in [0.2, 0.25) is 10.0 Å². The number of nitrogens with zero attached hydrogens (tertiary/aromatic N) is 3. The Balaban J connectivity index is 0.00000289. The SMILES string of the molecule is C[C@@H]1C(C(=O)NN2CCCCCC2)=NN(c2ccc(Cl)cc2Cl)[C@@H]1c1ccc(Br)cc1.Cl. The van der Waals surface area contributed by atoms with Crippen molar-refractivity contribution in [1.82, 2.24) is 10.4 Å². The molecule has 2 aromatic rings. The molecule has 0 saturated carbocycles. The van der Waals surface area contributed by atoms with Crippen molar-refractivity contribution in [2.45, 2.75) is 38.6 Å². The predicted octanol–water partition coefficient (Wildman–Crippen LogP) is 6.64. The van der Waals surface area contributed by atoms with Gasteiger partial charge >= 0.3 is 0 Å². The Bertz CT molecular complexity index is 978. The maximum absolute atomic E-state index is 13.2. The first-order valence-electron chi connectivity index (χ1n) is 10.6. The average molecular weight is 561 g/mol. The number of hydrogen-bond donors (Lipinski definition) is 1. The highest BCUT2D eigenvalue weighted by atomic mass is 79.9. The number of rotatable bonds is 4. The van der Waals surface area contributed by atoms with E-state index in [-0.39, 0.29) is 30.3 Å². The van der Waals surface area contributed by atoms with Gasteiger partial charge in [0.25, 0.3) is 5.91 Å². The van der Waals surface area contributed by atoms with Gasteiger partial charge in [-0.3, -0.25) is 15.2 Å². The number of benzene rings is 2. The zero-order valence-electron chi connectivity index (χ0n) is 17.7. The van der Waals surface area contributed by atoms with Crippen molar-refractivity contribution in [3.63, 3.8) is 0 Å². The molecule has 0 unspecified atom stereocenters. The van der Waals surface area contributed by atoms with E-state index in [1.807, 2.05) is 47.3 Å². The Morgan fingerprint density at radius 1 is 1.06 bits per heavy atom. The minimum absolute atomic E-state index is 0. The van der Waals surface area contributed by atoms with Gasteiger partial charge in [0.1, 0.15) is 5.71 Å². The van der Waals surface area contributed by atoms with Crippen LogP contribution in [0.1, 0.15) is 44.2 Å². The second-order valence-electron chi connectivity index (χ2n) is 8.05. The van der Waals surface area contributed by atoms with Gasteiger partial charge in [-0.05, 0) is 48.7 Å². The number of amides is 1. The Labute approximate surface area is 213 Å². The average Bonchev–Trinajstić information content (AvgIpc) is 2.89. The molecule has 0 aliphatic carbocycles. The van der Waals surface area contributed by atoms with Gasteiger partial charge in [-0.25, -0.2) is 5.01 Å². The number of halogens is 4. The van der Waals surface area contributed by atoms with Gasteiger partial charge in [-0.1, -0.05) is 71.0 Å². The van der Waals surface area contributed by atoms with E-state index in [9.17, 15) is 4.79 Å². The minimum Gasteiger partial charge on any atom is -0.284 e. The molecular formula is C23H26BrCl3N4O. The van der Waals surface area contributed by atoms with Crippen molar-refractivity contribution in [2.75, 3.05) is 18.1 Å². The highest BCUT2D eigenvalue weighted by Crippen LogP contribution is 2.42. The molecule has 4 rings (SSSR count). The second kappa shape index (κ2) is 11.2. The van der Waals surface area contributed by atoms with Gasteiger partial charge in [0.2, 0.25) is 0 Å². The molecule has 2 aromatic carbocycles. The molecule has 0 aromatic heterocycles. The molecule has 9 heteroatoms. The molecule has 1 amide bonds. The third-order valence-corrected chi connectivity index (χ3v) is 6.92. The molecule has 2 atom stereocenters. The summed E-state index contributed by atoms with van der Waals surface area (Å²) in [6, 6.07) is 13.3. The topological polar surface area (TPSA) is 47.9 Å². The standard InChI is InChI=1S/C23H25BrCl2N4O.ClH/c1-15-21(23(31)28-29-12-4-2-3-5-13-29)27-30(20-11-10-18(25)14-19(20)26)22(15)16-6-8-17(24)9-7-16;/h6-11,14-15,22H,2-5,12-13H2,1H3,(H,28,31);1H/t15-,22+;/m1./s1. The fourth-order valence-corrected chi connectivity index (χ4v) is 4.99. The minimum atomic E-state index is -0.156. The lowest BCUT2D eigenvalue weighted by atomic mass is 9.91. The molecule has 2 heterocycles. The van der Waals surface area contributed by atoms with Crippen LogP contribution < -0.4 is 10.4 Å². The highest BCUT2D eigenvalue weighted by Gasteiger charge is 2.40. The third-order valence-electron chi connectivity index (χ3n) is 5.85. The summed E-state index contributed by atoms with van der Waals surface area (Å²) < 4.78 is 0.998. The first-order valence-corrected chi connectivity index (χ1v) is 12.1. The number of carbonyl (C=O) groups excluding carboxylic acids is 1. The monoisotopic (exact) mass is 558 g/mol. The molecule has 1 saturated heterocycles. The van der Waals surface area contributed by atoms with E-state index in [2.05, 4.69) is 21.4 Å². The molecule has 172 valence electrons. The van der Waals surface area contributed by atoms with Gasteiger partial charge in [-0.15, -0.1) is 12.4 Å². The largest absolute Gasteiger partial charge is 0.284 e. The van der Waals surface area contributed by atoms with Crippen molar-refractivity contribution in [2.24, 2.45) is 11.0 Å². The first-order chi connectivity index (χ1) is 14.9. The third kappa shape index (κ3) is 5.60. The van der Waals surface area contributed by atoms with Gasteiger partial charge in [-0.2, -0.15) is 5.10 Å². The van der Waals surface area contributed by atoms with Crippen LogP contribution in [-0.4, -0.2) is 29.7 Å². The summed E-state index contributed by atoms with van der Waals surface area (Å²) in [6.07, 6.45) is 4.60. The van der Waals surface area contributed by atoms with Crippen LogP contribution in [0, 0.1) is 5.92 Å². The van der Waals surface area contributed by atoms with Crippen molar-refractivity contribution < 1.29 is 4.79 Å². The van der Waals surface area contributed by atoms with Crippen molar-refractivity contribution in [3.05, 3.63) is 62.5 Å². The van der Waals surface area contributed by atoms with Gasteiger partial charge in [0, 0.05) is 28.5 Å². The molecule has 2 aliphatic rings. The zero-order chi connectivity index (χ0) is 22.0. The van der Waals surface area contributed by atoms with Crippen LogP contribution in [0.15, 0.2) is 52.0 Å². The predicted molar refractivity (Wildman–Crippen MR) is 138 cm³/mol.